The van der Waals surface area contributed by atoms with Crippen molar-refractivity contribution in [2.24, 2.45) is 0 Å². The summed E-state index contributed by atoms with van der Waals surface area (Å²) in [5.41, 5.74) is 0.584. The molecule has 0 radical (unpaired) electrons. The molecule has 0 unspecified atom stereocenters. The molecule has 0 fully saturated rings. The first-order valence-electron chi connectivity index (χ1n) is 5.85. The van der Waals surface area contributed by atoms with Gasteiger partial charge in [0.2, 0.25) is 0 Å². The standard InChI is InChI=1S/C13H18ClNO2/c1-2-17-12-8-4-3-7-11(12)13(16)15-10-6-5-9-14/h3-4,7-8H,2,5-6,9-10H2,1H3,(H,15,16). The van der Waals surface area contributed by atoms with E-state index in [1.54, 1.807) is 12.1 Å². The maximum absolute atomic E-state index is 11.9. The van der Waals surface area contributed by atoms with E-state index in [4.69, 9.17) is 16.3 Å². The van der Waals surface area contributed by atoms with Gasteiger partial charge in [0.25, 0.3) is 5.91 Å². The molecule has 3 nitrogen and oxygen atoms in total. The molecule has 0 aliphatic carbocycles. The molecular formula is C13H18ClNO2. The number of nitrogens with one attached hydrogen (secondary N) is 1. The van der Waals surface area contributed by atoms with Crippen LogP contribution in [0.2, 0.25) is 0 Å². The van der Waals surface area contributed by atoms with Gasteiger partial charge < -0.3 is 10.1 Å². The smallest absolute Gasteiger partial charge is 0.255 e. The lowest BCUT2D eigenvalue weighted by molar-refractivity contribution is 0.0949. The molecule has 1 aromatic rings. The number of unbranched alkanes of at least 4 members (excludes halogenated alkanes) is 1. The lowest BCUT2D eigenvalue weighted by atomic mass is 10.2. The Morgan fingerprint density at radius 2 is 2.12 bits per heavy atom. The maximum atomic E-state index is 11.9. The van der Waals surface area contributed by atoms with Gasteiger partial charge in [-0.2, -0.15) is 0 Å². The van der Waals surface area contributed by atoms with Crippen molar-refractivity contribution in [1.82, 2.24) is 5.32 Å². The molecule has 0 aromatic heterocycles. The highest BCUT2D eigenvalue weighted by molar-refractivity contribution is 6.17. The van der Waals surface area contributed by atoms with Gasteiger partial charge in [-0.3, -0.25) is 4.79 Å². The van der Waals surface area contributed by atoms with E-state index in [0.29, 0.717) is 30.3 Å². The fourth-order valence-corrected chi connectivity index (χ4v) is 1.64. The van der Waals surface area contributed by atoms with Crippen LogP contribution >= 0.6 is 11.6 Å². The maximum Gasteiger partial charge on any atom is 0.255 e. The van der Waals surface area contributed by atoms with Crippen molar-refractivity contribution >= 4 is 17.5 Å². The van der Waals surface area contributed by atoms with Crippen molar-refractivity contribution < 1.29 is 9.53 Å². The lowest BCUT2D eigenvalue weighted by Gasteiger charge is -2.10. The molecule has 0 aliphatic heterocycles. The number of benzene rings is 1. The molecule has 0 heterocycles. The second kappa shape index (κ2) is 7.96. The quantitative estimate of drug-likeness (QED) is 0.601. The van der Waals surface area contributed by atoms with E-state index in [9.17, 15) is 4.79 Å². The van der Waals surface area contributed by atoms with E-state index in [1.807, 2.05) is 19.1 Å². The SMILES string of the molecule is CCOc1ccccc1C(=O)NCCCCCl. The van der Waals surface area contributed by atoms with Gasteiger partial charge >= 0.3 is 0 Å². The second-order valence-corrected chi connectivity index (χ2v) is 3.96. The Morgan fingerprint density at radius 3 is 2.82 bits per heavy atom. The summed E-state index contributed by atoms with van der Waals surface area (Å²) < 4.78 is 5.40. The number of amides is 1. The number of carbonyl (C=O) groups is 1. The molecule has 1 rings (SSSR count). The number of ether oxygens (including phenoxy) is 1. The average Bonchev–Trinajstić information content (AvgIpc) is 2.35. The third-order valence-electron chi connectivity index (χ3n) is 2.28. The number of para-hydroxylation sites is 1. The summed E-state index contributed by atoms with van der Waals surface area (Å²) in [6, 6.07) is 7.25. The van der Waals surface area contributed by atoms with Crippen LogP contribution in [-0.2, 0) is 0 Å². The Labute approximate surface area is 107 Å². The van der Waals surface area contributed by atoms with Crippen molar-refractivity contribution in [3.8, 4) is 5.75 Å². The van der Waals surface area contributed by atoms with Crippen LogP contribution in [0.15, 0.2) is 24.3 Å². The first-order chi connectivity index (χ1) is 8.29. The summed E-state index contributed by atoms with van der Waals surface area (Å²) in [5, 5.41) is 2.85. The molecule has 0 atom stereocenters. The molecule has 94 valence electrons. The normalized spacial score (nSPS) is 10.0. The third kappa shape index (κ3) is 4.65. The number of carbonyl (C=O) groups excluding carboxylic acids is 1. The summed E-state index contributed by atoms with van der Waals surface area (Å²) in [7, 11) is 0. The first-order valence-corrected chi connectivity index (χ1v) is 6.39. The van der Waals surface area contributed by atoms with Crippen LogP contribution in [0.25, 0.3) is 0 Å². The summed E-state index contributed by atoms with van der Waals surface area (Å²) in [6.07, 6.45) is 1.81. The predicted octanol–water partition coefficient (Wildman–Crippen LogP) is 2.83. The second-order valence-electron chi connectivity index (χ2n) is 3.58. The van der Waals surface area contributed by atoms with Crippen molar-refractivity contribution in [1.29, 1.82) is 0 Å². The van der Waals surface area contributed by atoms with E-state index < -0.39 is 0 Å². The van der Waals surface area contributed by atoms with Gasteiger partial charge in [-0.05, 0) is 31.9 Å². The monoisotopic (exact) mass is 255 g/mol. The molecular weight excluding hydrogens is 238 g/mol. The van der Waals surface area contributed by atoms with E-state index in [2.05, 4.69) is 5.32 Å². The molecule has 0 saturated heterocycles. The summed E-state index contributed by atoms with van der Waals surface area (Å²) in [5.74, 6) is 1.17. The van der Waals surface area contributed by atoms with Gasteiger partial charge in [0.05, 0.1) is 12.2 Å². The average molecular weight is 256 g/mol. The van der Waals surface area contributed by atoms with E-state index in [1.165, 1.54) is 0 Å². The largest absolute Gasteiger partial charge is 0.493 e. The number of rotatable bonds is 7. The van der Waals surface area contributed by atoms with Crippen LogP contribution < -0.4 is 10.1 Å². The highest BCUT2D eigenvalue weighted by Gasteiger charge is 2.10. The van der Waals surface area contributed by atoms with Crippen LogP contribution in [-0.4, -0.2) is 24.9 Å². The van der Waals surface area contributed by atoms with Gasteiger partial charge in [0.1, 0.15) is 5.75 Å². The van der Waals surface area contributed by atoms with Gasteiger partial charge in [-0.1, -0.05) is 12.1 Å². The van der Waals surface area contributed by atoms with Crippen molar-refractivity contribution in [3.63, 3.8) is 0 Å². The van der Waals surface area contributed by atoms with Gasteiger partial charge in [0.15, 0.2) is 0 Å². The van der Waals surface area contributed by atoms with Gasteiger partial charge in [-0.15, -0.1) is 11.6 Å². The summed E-state index contributed by atoms with van der Waals surface area (Å²) in [6.45, 7) is 3.09. The number of hydrogen-bond acceptors (Lipinski definition) is 2. The minimum atomic E-state index is -0.0939. The molecule has 0 spiro atoms. The molecule has 0 aliphatic rings. The zero-order valence-electron chi connectivity index (χ0n) is 10.0. The third-order valence-corrected chi connectivity index (χ3v) is 2.54. The van der Waals surface area contributed by atoms with E-state index >= 15 is 0 Å². The Hall–Kier alpha value is -1.22. The zero-order chi connectivity index (χ0) is 12.5. The summed E-state index contributed by atoms with van der Waals surface area (Å²) >= 11 is 5.57. The highest BCUT2D eigenvalue weighted by atomic mass is 35.5. The van der Waals surface area contributed by atoms with Crippen LogP contribution in [0.4, 0.5) is 0 Å². The first kappa shape index (κ1) is 13.8. The molecule has 1 N–H and O–H groups in total. The van der Waals surface area contributed by atoms with Crippen LogP contribution in [0.5, 0.6) is 5.75 Å². The molecule has 1 aromatic carbocycles. The lowest BCUT2D eigenvalue weighted by Crippen LogP contribution is -2.25. The van der Waals surface area contributed by atoms with E-state index in [0.717, 1.165) is 12.8 Å². The fourth-order valence-electron chi connectivity index (χ4n) is 1.45. The van der Waals surface area contributed by atoms with E-state index in [-0.39, 0.29) is 5.91 Å². The molecule has 1 amide bonds. The number of alkyl halides is 1. The topological polar surface area (TPSA) is 38.3 Å². The minimum absolute atomic E-state index is 0.0939. The van der Waals surface area contributed by atoms with Crippen molar-refractivity contribution in [2.75, 3.05) is 19.0 Å². The molecule has 0 bridgehead atoms. The Balaban J connectivity index is 2.55. The minimum Gasteiger partial charge on any atom is -0.493 e. The van der Waals surface area contributed by atoms with Crippen LogP contribution in [0, 0.1) is 0 Å². The fraction of sp³-hybridized carbons (Fsp3) is 0.462. The molecule has 17 heavy (non-hydrogen) atoms. The van der Waals surface area contributed by atoms with Crippen molar-refractivity contribution in [3.05, 3.63) is 29.8 Å². The Bertz CT molecular complexity index is 355. The van der Waals surface area contributed by atoms with Gasteiger partial charge in [0, 0.05) is 12.4 Å². The van der Waals surface area contributed by atoms with Crippen LogP contribution in [0.1, 0.15) is 30.1 Å². The van der Waals surface area contributed by atoms with Crippen LogP contribution in [0.3, 0.4) is 0 Å². The van der Waals surface area contributed by atoms with Crippen molar-refractivity contribution in [2.45, 2.75) is 19.8 Å². The highest BCUT2D eigenvalue weighted by Crippen LogP contribution is 2.17. The number of halogens is 1. The van der Waals surface area contributed by atoms with Gasteiger partial charge in [-0.25, -0.2) is 0 Å². The molecule has 4 heteroatoms. The Morgan fingerprint density at radius 1 is 1.35 bits per heavy atom. The molecule has 0 saturated carbocycles. The number of hydrogen-bond donors (Lipinski definition) is 1. The Kier molecular flexibility index (Phi) is 6.48. The summed E-state index contributed by atoms with van der Waals surface area (Å²) in [4.78, 5) is 11.9. The predicted molar refractivity (Wildman–Crippen MR) is 69.9 cm³/mol. The zero-order valence-corrected chi connectivity index (χ0v) is 10.8.